The van der Waals surface area contributed by atoms with Gasteiger partial charge in [-0.1, -0.05) is 18.2 Å². The number of cyclic esters (lactones) is 1. The number of methoxy groups -OCH3 is 1. The van der Waals surface area contributed by atoms with Gasteiger partial charge in [0.1, 0.15) is 18.5 Å². The molecule has 0 saturated carbocycles. The van der Waals surface area contributed by atoms with Crippen molar-refractivity contribution >= 4 is 17.5 Å². The Morgan fingerprint density at radius 2 is 2.00 bits per heavy atom. The number of rotatable bonds is 6. The summed E-state index contributed by atoms with van der Waals surface area (Å²) in [6, 6.07) is 11.2. The fraction of sp³-hybridized carbons (Fsp3) is 0.333. The molecular weight excluding hydrogens is 344 g/mol. The minimum Gasteiger partial charge on any atom is -0.488 e. The average molecular weight is 366 g/mol. The molecule has 1 fully saturated rings. The maximum Gasteiger partial charge on any atom is 0.414 e. The Hall–Kier alpha value is -3.04. The normalized spacial score (nSPS) is 16.1. The molecule has 0 N–H and O–H groups in total. The van der Waals surface area contributed by atoms with Crippen molar-refractivity contribution in [2.45, 2.75) is 26.6 Å². The zero-order valence-corrected chi connectivity index (χ0v) is 15.7. The Kier molecular flexibility index (Phi) is 5.63. The lowest BCUT2D eigenvalue weighted by molar-refractivity contribution is 0.0718. The highest BCUT2D eigenvalue weighted by molar-refractivity contribution is 5.90. The van der Waals surface area contributed by atoms with Gasteiger partial charge in [0.05, 0.1) is 19.7 Å². The third kappa shape index (κ3) is 4.21. The number of anilines is 1. The first-order valence-electron chi connectivity index (χ1n) is 8.69. The van der Waals surface area contributed by atoms with Crippen LogP contribution >= 0.6 is 0 Å². The van der Waals surface area contributed by atoms with Gasteiger partial charge in [-0.15, -0.1) is 0 Å². The molecule has 27 heavy (non-hydrogen) atoms. The van der Waals surface area contributed by atoms with Gasteiger partial charge < -0.3 is 14.2 Å². The SMILES string of the molecule is [C-]#[N+]c1cccc(COc2c(C)cc(N3C[C@H](COC)OC3=O)cc2C)c1. The van der Waals surface area contributed by atoms with E-state index < -0.39 is 0 Å². The third-order valence-electron chi connectivity index (χ3n) is 4.41. The van der Waals surface area contributed by atoms with Crippen LogP contribution in [0.3, 0.4) is 0 Å². The molecule has 1 aliphatic rings. The Labute approximate surface area is 159 Å². The smallest absolute Gasteiger partial charge is 0.414 e. The first kappa shape index (κ1) is 18.7. The topological polar surface area (TPSA) is 52.4 Å². The van der Waals surface area contributed by atoms with Crippen LogP contribution in [0.2, 0.25) is 0 Å². The zero-order valence-electron chi connectivity index (χ0n) is 15.7. The number of amides is 1. The van der Waals surface area contributed by atoms with Crippen LogP contribution in [0.4, 0.5) is 16.2 Å². The summed E-state index contributed by atoms with van der Waals surface area (Å²) in [5, 5.41) is 0. The van der Waals surface area contributed by atoms with Crippen molar-refractivity contribution in [1.82, 2.24) is 0 Å². The summed E-state index contributed by atoms with van der Waals surface area (Å²) < 4.78 is 16.4. The number of carbonyl (C=O) groups is 1. The lowest BCUT2D eigenvalue weighted by atomic mass is 10.1. The number of ether oxygens (including phenoxy) is 3. The molecule has 1 heterocycles. The summed E-state index contributed by atoms with van der Waals surface area (Å²) in [5.74, 6) is 0.785. The molecule has 1 amide bonds. The van der Waals surface area contributed by atoms with Crippen molar-refractivity contribution in [3.8, 4) is 5.75 Å². The van der Waals surface area contributed by atoms with E-state index >= 15 is 0 Å². The number of hydrogen-bond donors (Lipinski definition) is 0. The van der Waals surface area contributed by atoms with Crippen molar-refractivity contribution in [2.75, 3.05) is 25.2 Å². The second-order valence-electron chi connectivity index (χ2n) is 6.55. The molecule has 140 valence electrons. The molecule has 3 rings (SSSR count). The van der Waals surface area contributed by atoms with Crippen molar-refractivity contribution in [2.24, 2.45) is 0 Å². The van der Waals surface area contributed by atoms with Gasteiger partial charge in [0.25, 0.3) is 0 Å². The molecule has 2 aromatic rings. The maximum absolute atomic E-state index is 12.1. The van der Waals surface area contributed by atoms with E-state index in [2.05, 4.69) is 4.85 Å². The summed E-state index contributed by atoms with van der Waals surface area (Å²) in [5.41, 5.74) is 4.20. The first-order chi connectivity index (χ1) is 13.0. The first-order valence-corrected chi connectivity index (χ1v) is 8.69. The molecule has 0 unspecified atom stereocenters. The second-order valence-corrected chi connectivity index (χ2v) is 6.55. The average Bonchev–Trinajstić information content (AvgIpc) is 3.01. The largest absolute Gasteiger partial charge is 0.488 e. The van der Waals surface area contributed by atoms with Gasteiger partial charge in [-0.25, -0.2) is 9.64 Å². The van der Waals surface area contributed by atoms with Gasteiger partial charge in [-0.2, -0.15) is 0 Å². The Bertz CT molecular complexity index is 865. The van der Waals surface area contributed by atoms with Gasteiger partial charge in [0.2, 0.25) is 0 Å². The van der Waals surface area contributed by atoms with E-state index in [1.807, 2.05) is 44.2 Å². The monoisotopic (exact) mass is 366 g/mol. The predicted molar refractivity (Wildman–Crippen MR) is 102 cm³/mol. The molecule has 0 spiro atoms. The third-order valence-corrected chi connectivity index (χ3v) is 4.41. The molecule has 1 aliphatic heterocycles. The molecule has 0 aromatic heterocycles. The van der Waals surface area contributed by atoms with Gasteiger partial charge in [-0.05, 0) is 48.7 Å². The number of hydrogen-bond acceptors (Lipinski definition) is 4. The minimum atomic E-state index is -0.361. The van der Waals surface area contributed by atoms with Gasteiger partial charge >= 0.3 is 6.09 Å². The van der Waals surface area contributed by atoms with Crippen molar-refractivity contribution in [1.29, 1.82) is 0 Å². The van der Waals surface area contributed by atoms with Crippen LogP contribution in [0.5, 0.6) is 5.75 Å². The maximum atomic E-state index is 12.1. The Morgan fingerprint density at radius 1 is 1.26 bits per heavy atom. The molecule has 2 aromatic carbocycles. The number of carbonyl (C=O) groups excluding carboxylic acids is 1. The number of benzene rings is 2. The summed E-state index contributed by atoms with van der Waals surface area (Å²) in [7, 11) is 1.59. The predicted octanol–water partition coefficient (Wildman–Crippen LogP) is 4.40. The van der Waals surface area contributed by atoms with Crippen molar-refractivity contribution in [3.05, 3.63) is 64.5 Å². The van der Waals surface area contributed by atoms with E-state index in [0.29, 0.717) is 25.4 Å². The summed E-state index contributed by atoms with van der Waals surface area (Å²) in [4.78, 5) is 17.2. The van der Waals surface area contributed by atoms with Crippen LogP contribution in [0.15, 0.2) is 36.4 Å². The summed E-state index contributed by atoms with van der Waals surface area (Å²) in [6.45, 7) is 12.2. The van der Waals surface area contributed by atoms with E-state index in [1.165, 1.54) is 0 Å². The molecule has 6 heteroatoms. The van der Waals surface area contributed by atoms with Crippen LogP contribution in [-0.2, 0) is 16.1 Å². The van der Waals surface area contributed by atoms with Crippen LogP contribution in [0, 0.1) is 20.4 Å². The molecule has 0 radical (unpaired) electrons. The fourth-order valence-corrected chi connectivity index (χ4v) is 3.19. The molecule has 1 atom stereocenters. The lowest BCUT2D eigenvalue weighted by Gasteiger charge is -2.18. The summed E-state index contributed by atoms with van der Waals surface area (Å²) >= 11 is 0. The summed E-state index contributed by atoms with van der Waals surface area (Å²) in [6.07, 6.45) is -0.616. The molecular formula is C21H22N2O4. The fourth-order valence-electron chi connectivity index (χ4n) is 3.19. The lowest BCUT2D eigenvalue weighted by Crippen LogP contribution is -2.25. The van der Waals surface area contributed by atoms with Crippen LogP contribution in [-0.4, -0.2) is 32.5 Å². The molecule has 1 saturated heterocycles. The number of nitrogens with zero attached hydrogens (tertiary/aromatic N) is 2. The van der Waals surface area contributed by atoms with E-state index in [1.54, 1.807) is 18.1 Å². The van der Waals surface area contributed by atoms with Crippen LogP contribution < -0.4 is 9.64 Å². The highest BCUT2D eigenvalue weighted by Crippen LogP contribution is 2.32. The van der Waals surface area contributed by atoms with Gasteiger partial charge in [0.15, 0.2) is 5.69 Å². The zero-order chi connectivity index (χ0) is 19.4. The highest BCUT2D eigenvalue weighted by Gasteiger charge is 2.32. The standard InChI is InChI=1S/C21H22N2O4/c1-14-8-18(23-11-19(13-25-4)27-21(23)24)9-15(2)20(14)26-12-16-6-5-7-17(10-16)22-3/h5-10,19H,11-13H2,1-2,4H3/t19-/m1/s1. The quantitative estimate of drug-likeness (QED) is 0.711. The Balaban J connectivity index is 1.75. The van der Waals surface area contributed by atoms with E-state index in [9.17, 15) is 4.79 Å². The van der Waals surface area contributed by atoms with Gasteiger partial charge in [-0.3, -0.25) is 4.90 Å². The Morgan fingerprint density at radius 3 is 2.67 bits per heavy atom. The van der Waals surface area contributed by atoms with Crippen LogP contribution in [0.25, 0.3) is 4.85 Å². The van der Waals surface area contributed by atoms with Crippen molar-refractivity contribution < 1.29 is 19.0 Å². The van der Waals surface area contributed by atoms with E-state index in [4.69, 9.17) is 20.8 Å². The molecule has 0 aliphatic carbocycles. The second kappa shape index (κ2) is 8.11. The molecule has 6 nitrogen and oxygen atoms in total. The van der Waals surface area contributed by atoms with E-state index in [-0.39, 0.29) is 12.2 Å². The minimum absolute atomic E-state index is 0.256. The van der Waals surface area contributed by atoms with Crippen LogP contribution in [0.1, 0.15) is 16.7 Å². The highest BCUT2D eigenvalue weighted by atomic mass is 16.6. The molecule has 0 bridgehead atoms. The van der Waals surface area contributed by atoms with E-state index in [0.717, 1.165) is 28.1 Å². The van der Waals surface area contributed by atoms with Gasteiger partial charge in [0, 0.05) is 12.8 Å². The van der Waals surface area contributed by atoms with Crippen molar-refractivity contribution in [3.63, 3.8) is 0 Å². The number of aryl methyl sites for hydroxylation is 2.